The molecule has 1 rings (SSSR count). The summed E-state index contributed by atoms with van der Waals surface area (Å²) < 4.78 is 7.16. The predicted molar refractivity (Wildman–Crippen MR) is 107 cm³/mol. The van der Waals surface area contributed by atoms with Gasteiger partial charge in [0.1, 0.15) is 17.8 Å². The lowest BCUT2D eigenvalue weighted by Crippen LogP contribution is -2.57. The van der Waals surface area contributed by atoms with Crippen molar-refractivity contribution in [2.45, 2.75) is 65.1 Å². The molecule has 27 heavy (non-hydrogen) atoms. The molecule has 0 atom stereocenters. The number of carbonyl (C=O) groups excluding carboxylic acids is 1. The van der Waals surface area contributed by atoms with Crippen LogP contribution in [0, 0.1) is 0 Å². The van der Waals surface area contributed by atoms with Crippen molar-refractivity contribution in [2.24, 2.45) is 12.0 Å². The van der Waals surface area contributed by atoms with Gasteiger partial charge in [-0.1, -0.05) is 13.8 Å². The van der Waals surface area contributed by atoms with Gasteiger partial charge in [0.05, 0.1) is 12.1 Å². The highest BCUT2D eigenvalue weighted by molar-refractivity contribution is 5.79. The first kappa shape index (κ1) is 22.7. The Labute approximate surface area is 162 Å². The first-order valence-corrected chi connectivity index (χ1v) is 9.31. The lowest BCUT2D eigenvalue weighted by atomic mass is 9.93. The maximum atomic E-state index is 12.3. The molecule has 1 heterocycles. The summed E-state index contributed by atoms with van der Waals surface area (Å²) in [6, 6.07) is 0. The highest BCUT2D eigenvalue weighted by Gasteiger charge is 2.31. The minimum atomic E-state index is -0.531. The van der Waals surface area contributed by atoms with Crippen LogP contribution in [0.15, 0.2) is 11.3 Å². The van der Waals surface area contributed by atoms with Crippen LogP contribution in [0.25, 0.3) is 0 Å². The smallest absolute Gasteiger partial charge is 0.408 e. The van der Waals surface area contributed by atoms with Gasteiger partial charge in [-0.05, 0) is 33.6 Å². The van der Waals surface area contributed by atoms with Crippen LogP contribution in [0.4, 0.5) is 4.79 Å². The number of alkyl carbamates (subject to hydrolysis) is 1. The molecular weight excluding hydrogens is 346 g/mol. The number of nitrogens with zero attached hydrogens (tertiary/aromatic N) is 5. The number of hydrogen-bond donors (Lipinski definition) is 2. The van der Waals surface area contributed by atoms with E-state index >= 15 is 0 Å². The molecule has 9 nitrogen and oxygen atoms in total. The zero-order chi connectivity index (χ0) is 20.7. The number of aromatic nitrogens is 3. The molecule has 9 heteroatoms. The van der Waals surface area contributed by atoms with Gasteiger partial charge in [-0.15, -0.1) is 0 Å². The minimum absolute atomic E-state index is 0.407. The Morgan fingerprint density at radius 3 is 2.41 bits per heavy atom. The van der Waals surface area contributed by atoms with E-state index in [4.69, 9.17) is 4.74 Å². The molecule has 1 aromatic rings. The van der Waals surface area contributed by atoms with Crippen molar-refractivity contribution in [3.8, 4) is 0 Å². The van der Waals surface area contributed by atoms with E-state index < -0.39 is 17.2 Å². The average molecular weight is 382 g/mol. The van der Waals surface area contributed by atoms with Gasteiger partial charge in [-0.3, -0.25) is 9.67 Å². The lowest BCUT2D eigenvalue weighted by Gasteiger charge is -2.35. The summed E-state index contributed by atoms with van der Waals surface area (Å²) in [7, 11) is 5.53. The van der Waals surface area contributed by atoms with Crippen molar-refractivity contribution in [2.75, 3.05) is 20.6 Å². The van der Waals surface area contributed by atoms with Gasteiger partial charge in [-0.2, -0.15) is 5.10 Å². The molecule has 0 aromatic carbocycles. The van der Waals surface area contributed by atoms with Crippen molar-refractivity contribution in [3.05, 3.63) is 12.2 Å². The number of guanidine groups is 1. The number of hydrogen-bond acceptors (Lipinski definition) is 5. The van der Waals surface area contributed by atoms with Crippen molar-refractivity contribution in [1.82, 2.24) is 30.3 Å². The standard InChI is InChI=1S/C18H35N7O2/c1-9-18(10-2,23-16(26)27-17(3,4)5)12-20-15(19-6)24(7)11-14-21-13-22-25(14)8/h13H,9-12H2,1-8H3,(H,19,20)(H,23,26). The average Bonchev–Trinajstić information content (AvgIpc) is 2.97. The van der Waals surface area contributed by atoms with Crippen LogP contribution in [-0.2, 0) is 18.3 Å². The molecule has 0 aliphatic carbocycles. The van der Waals surface area contributed by atoms with Gasteiger partial charge in [-0.25, -0.2) is 9.78 Å². The van der Waals surface area contributed by atoms with Crippen LogP contribution in [0.2, 0.25) is 0 Å². The van der Waals surface area contributed by atoms with Gasteiger partial charge < -0.3 is 20.3 Å². The second-order valence-corrected chi connectivity index (χ2v) is 7.67. The molecule has 0 aliphatic rings. The number of nitrogens with one attached hydrogen (secondary N) is 2. The Kier molecular flexibility index (Phi) is 8.05. The van der Waals surface area contributed by atoms with Crippen molar-refractivity contribution < 1.29 is 9.53 Å². The summed E-state index contributed by atoms with van der Waals surface area (Å²) >= 11 is 0. The quantitative estimate of drug-likeness (QED) is 0.553. The van der Waals surface area contributed by atoms with Crippen molar-refractivity contribution in [3.63, 3.8) is 0 Å². The van der Waals surface area contributed by atoms with Crippen molar-refractivity contribution >= 4 is 12.1 Å². The van der Waals surface area contributed by atoms with E-state index in [0.717, 1.165) is 24.6 Å². The summed E-state index contributed by atoms with van der Waals surface area (Å²) in [5, 5.41) is 10.5. The van der Waals surface area contributed by atoms with Crippen LogP contribution in [-0.4, -0.2) is 63.5 Å². The third-order valence-electron chi connectivity index (χ3n) is 4.46. The maximum absolute atomic E-state index is 12.3. The molecule has 0 saturated carbocycles. The number of rotatable bonds is 7. The van der Waals surface area contributed by atoms with E-state index in [1.54, 1.807) is 11.7 Å². The molecule has 1 aromatic heterocycles. The summed E-state index contributed by atoms with van der Waals surface area (Å²) in [5.74, 6) is 1.56. The fraction of sp³-hybridized carbons (Fsp3) is 0.778. The molecule has 0 aliphatic heterocycles. The molecular formula is C18H35N7O2. The summed E-state index contributed by atoms with van der Waals surface area (Å²) in [4.78, 5) is 22.8. The van der Waals surface area contributed by atoms with Crippen LogP contribution in [0.1, 0.15) is 53.3 Å². The number of aliphatic imine (C=N–C) groups is 1. The van der Waals surface area contributed by atoms with Crippen LogP contribution in [0.5, 0.6) is 0 Å². The first-order chi connectivity index (χ1) is 12.6. The monoisotopic (exact) mass is 381 g/mol. The highest BCUT2D eigenvalue weighted by atomic mass is 16.6. The minimum Gasteiger partial charge on any atom is -0.444 e. The van der Waals surface area contributed by atoms with Crippen molar-refractivity contribution in [1.29, 1.82) is 0 Å². The second-order valence-electron chi connectivity index (χ2n) is 7.67. The molecule has 1 amide bonds. The topological polar surface area (TPSA) is 96.7 Å². The Morgan fingerprint density at radius 2 is 1.96 bits per heavy atom. The largest absolute Gasteiger partial charge is 0.444 e. The molecule has 154 valence electrons. The Hall–Kier alpha value is -2.32. The van der Waals surface area contributed by atoms with E-state index in [1.807, 2.05) is 39.8 Å². The molecule has 0 fully saturated rings. The van der Waals surface area contributed by atoms with E-state index in [-0.39, 0.29) is 0 Å². The summed E-state index contributed by atoms with van der Waals surface area (Å²) in [5.41, 5.74) is -0.957. The Morgan fingerprint density at radius 1 is 1.33 bits per heavy atom. The van der Waals surface area contributed by atoms with E-state index in [0.29, 0.717) is 13.1 Å². The Bertz CT molecular complexity index is 630. The van der Waals surface area contributed by atoms with Gasteiger partial charge >= 0.3 is 6.09 Å². The number of ether oxygens (including phenoxy) is 1. The third kappa shape index (κ3) is 7.07. The lowest BCUT2D eigenvalue weighted by molar-refractivity contribution is 0.0448. The summed E-state index contributed by atoms with van der Waals surface area (Å²) in [6.07, 6.45) is 2.65. The molecule has 0 spiro atoms. The fourth-order valence-corrected chi connectivity index (χ4v) is 2.62. The SMILES string of the molecule is CCC(CC)(CNC(=NC)N(C)Cc1ncnn1C)NC(=O)OC(C)(C)C. The number of amides is 1. The Balaban J connectivity index is 2.75. The molecule has 0 bridgehead atoms. The third-order valence-corrected chi connectivity index (χ3v) is 4.46. The maximum Gasteiger partial charge on any atom is 0.408 e. The fourth-order valence-electron chi connectivity index (χ4n) is 2.62. The zero-order valence-corrected chi connectivity index (χ0v) is 18.0. The van der Waals surface area contributed by atoms with Gasteiger partial charge in [0.2, 0.25) is 0 Å². The predicted octanol–water partition coefficient (Wildman–Crippen LogP) is 1.91. The van der Waals surface area contributed by atoms with Crippen LogP contribution in [0.3, 0.4) is 0 Å². The highest BCUT2D eigenvalue weighted by Crippen LogP contribution is 2.16. The normalized spacial score (nSPS) is 12.7. The van der Waals surface area contributed by atoms with Crippen LogP contribution < -0.4 is 10.6 Å². The van der Waals surface area contributed by atoms with Gasteiger partial charge in [0, 0.05) is 27.7 Å². The van der Waals surface area contributed by atoms with E-state index in [2.05, 4.69) is 39.6 Å². The first-order valence-electron chi connectivity index (χ1n) is 9.31. The van der Waals surface area contributed by atoms with Crippen LogP contribution >= 0.6 is 0 Å². The molecule has 0 saturated heterocycles. The molecule has 2 N–H and O–H groups in total. The molecule has 0 radical (unpaired) electrons. The van der Waals surface area contributed by atoms with Gasteiger partial charge in [0.25, 0.3) is 0 Å². The summed E-state index contributed by atoms with van der Waals surface area (Å²) in [6.45, 7) is 10.8. The number of carbonyl (C=O) groups is 1. The van der Waals surface area contributed by atoms with Gasteiger partial charge in [0.15, 0.2) is 5.96 Å². The second kappa shape index (κ2) is 9.57. The number of aryl methyl sites for hydroxylation is 1. The molecule has 0 unspecified atom stereocenters. The zero-order valence-electron chi connectivity index (χ0n) is 18.0. The van der Waals surface area contributed by atoms with E-state index in [1.165, 1.54) is 6.33 Å². The van der Waals surface area contributed by atoms with E-state index in [9.17, 15) is 4.79 Å².